The van der Waals surface area contributed by atoms with Crippen LogP contribution in [0.3, 0.4) is 0 Å². The van der Waals surface area contributed by atoms with E-state index >= 15 is 0 Å². The highest BCUT2D eigenvalue weighted by atomic mass is 35.5. The number of rotatable bonds is 2. The number of nitrogens with zero attached hydrogens (tertiary/aromatic N) is 2. The third-order valence-corrected chi connectivity index (χ3v) is 2.57. The van der Waals surface area contributed by atoms with E-state index in [-0.39, 0.29) is 16.3 Å². The molecule has 3 nitrogen and oxygen atoms in total. The number of benzene rings is 1. The Balaban J connectivity index is 2.48. The summed E-state index contributed by atoms with van der Waals surface area (Å²) in [6, 6.07) is 2.93. The van der Waals surface area contributed by atoms with Gasteiger partial charge in [0.15, 0.2) is 11.6 Å². The van der Waals surface area contributed by atoms with Crippen LogP contribution in [-0.4, -0.2) is 15.6 Å². The van der Waals surface area contributed by atoms with Crippen LogP contribution in [-0.2, 0) is 7.05 Å². The van der Waals surface area contributed by atoms with Gasteiger partial charge in [-0.2, -0.15) is 5.10 Å². The summed E-state index contributed by atoms with van der Waals surface area (Å²) >= 11 is 5.79. The van der Waals surface area contributed by atoms with Crippen molar-refractivity contribution in [2.24, 2.45) is 7.05 Å². The van der Waals surface area contributed by atoms with E-state index in [4.69, 9.17) is 11.6 Å². The lowest BCUT2D eigenvalue weighted by atomic mass is 10.1. The maximum Gasteiger partial charge on any atom is 0.212 e. The van der Waals surface area contributed by atoms with E-state index in [9.17, 15) is 13.6 Å². The van der Waals surface area contributed by atoms with E-state index in [2.05, 4.69) is 5.10 Å². The molecule has 6 heteroatoms. The minimum atomic E-state index is -1.07. The van der Waals surface area contributed by atoms with Gasteiger partial charge in [-0.15, -0.1) is 0 Å². The summed E-state index contributed by atoms with van der Waals surface area (Å²) in [7, 11) is 1.54. The van der Waals surface area contributed by atoms with Crippen LogP contribution in [0.2, 0.25) is 5.02 Å². The van der Waals surface area contributed by atoms with Crippen LogP contribution in [0.4, 0.5) is 8.78 Å². The molecule has 1 aromatic heterocycles. The number of ketones is 1. The highest BCUT2D eigenvalue weighted by Gasteiger charge is 2.18. The van der Waals surface area contributed by atoms with Crippen molar-refractivity contribution in [2.45, 2.75) is 0 Å². The highest BCUT2D eigenvalue weighted by molar-refractivity contribution is 6.34. The summed E-state index contributed by atoms with van der Waals surface area (Å²) < 4.78 is 27.0. The highest BCUT2D eigenvalue weighted by Crippen LogP contribution is 2.19. The number of hydrogen-bond acceptors (Lipinski definition) is 2. The lowest BCUT2D eigenvalue weighted by molar-refractivity contribution is 0.103. The zero-order valence-electron chi connectivity index (χ0n) is 8.75. The lowest BCUT2D eigenvalue weighted by Crippen LogP contribution is -2.09. The molecule has 1 aromatic carbocycles. The van der Waals surface area contributed by atoms with Gasteiger partial charge in [-0.1, -0.05) is 11.6 Å². The summed E-state index contributed by atoms with van der Waals surface area (Å²) in [6.45, 7) is 0. The molecule has 0 fully saturated rings. The average Bonchev–Trinajstić information content (AvgIpc) is 2.62. The van der Waals surface area contributed by atoms with Crippen LogP contribution >= 0.6 is 11.6 Å². The second-order valence-electron chi connectivity index (χ2n) is 3.42. The molecule has 2 aromatic rings. The van der Waals surface area contributed by atoms with Gasteiger partial charge in [0.05, 0.1) is 11.2 Å². The van der Waals surface area contributed by atoms with E-state index in [1.165, 1.54) is 16.9 Å². The third-order valence-electron chi connectivity index (χ3n) is 2.29. The number of halogens is 3. The predicted octanol–water partition coefficient (Wildman–Crippen LogP) is 2.58. The molecule has 0 atom stereocenters. The van der Waals surface area contributed by atoms with Crippen molar-refractivity contribution in [1.29, 1.82) is 0 Å². The molecule has 0 aliphatic heterocycles. The van der Waals surface area contributed by atoms with Gasteiger partial charge in [0.25, 0.3) is 0 Å². The minimum Gasteiger partial charge on any atom is -0.287 e. The number of carbonyl (C=O) groups is 1. The van der Waals surface area contributed by atoms with E-state index in [1.807, 2.05) is 0 Å². The topological polar surface area (TPSA) is 34.9 Å². The summed E-state index contributed by atoms with van der Waals surface area (Å²) in [5.41, 5.74) is 0.159. The standard InChI is InChI=1S/C11H7ClF2N2O/c1-16-10(7(12)5-15-16)11(17)6-2-3-8(13)9(14)4-6/h2-5H,1H3. The molecule has 0 radical (unpaired) electrons. The molecule has 88 valence electrons. The first-order chi connectivity index (χ1) is 8.00. The smallest absolute Gasteiger partial charge is 0.212 e. The van der Waals surface area contributed by atoms with Crippen LogP contribution < -0.4 is 0 Å². The van der Waals surface area contributed by atoms with Crippen LogP contribution in [0, 0.1) is 11.6 Å². The van der Waals surface area contributed by atoms with Crippen molar-refractivity contribution >= 4 is 17.4 Å². The SMILES string of the molecule is Cn1ncc(Cl)c1C(=O)c1ccc(F)c(F)c1. The summed E-state index contributed by atoms with van der Waals surface area (Å²) in [5.74, 6) is -2.58. The first kappa shape index (κ1) is 11.7. The summed E-state index contributed by atoms with van der Waals surface area (Å²) in [4.78, 5) is 12.0. The number of aromatic nitrogens is 2. The molecule has 0 aliphatic rings. The molecular formula is C11H7ClF2N2O. The maximum absolute atomic E-state index is 13.0. The summed E-state index contributed by atoms with van der Waals surface area (Å²) in [5, 5.41) is 3.97. The van der Waals surface area contributed by atoms with E-state index in [0.29, 0.717) is 0 Å². The van der Waals surface area contributed by atoms with Crippen molar-refractivity contribution in [3.63, 3.8) is 0 Å². The molecule has 0 amide bonds. The second-order valence-corrected chi connectivity index (χ2v) is 3.83. The van der Waals surface area contributed by atoms with Crippen molar-refractivity contribution < 1.29 is 13.6 Å². The first-order valence-electron chi connectivity index (χ1n) is 4.68. The Hall–Kier alpha value is -1.75. The monoisotopic (exact) mass is 256 g/mol. The van der Waals surface area contributed by atoms with Gasteiger partial charge in [-0.25, -0.2) is 8.78 Å². The fourth-order valence-electron chi connectivity index (χ4n) is 1.44. The van der Waals surface area contributed by atoms with Gasteiger partial charge in [-0.05, 0) is 18.2 Å². The summed E-state index contributed by atoms with van der Waals surface area (Å²) in [6.07, 6.45) is 1.31. The molecule has 0 spiro atoms. The Bertz CT molecular complexity index is 576. The van der Waals surface area contributed by atoms with Gasteiger partial charge >= 0.3 is 0 Å². The molecule has 1 heterocycles. The minimum absolute atomic E-state index is 0.0226. The molecule has 0 saturated heterocycles. The van der Waals surface area contributed by atoms with Gasteiger partial charge in [0.1, 0.15) is 5.69 Å². The molecule has 0 N–H and O–H groups in total. The van der Waals surface area contributed by atoms with Crippen LogP contribution in [0.1, 0.15) is 16.1 Å². The molecule has 0 bridgehead atoms. The van der Waals surface area contributed by atoms with Gasteiger partial charge in [-0.3, -0.25) is 9.48 Å². The zero-order chi connectivity index (χ0) is 12.6. The van der Waals surface area contributed by atoms with Crippen LogP contribution in [0.15, 0.2) is 24.4 Å². The van der Waals surface area contributed by atoms with E-state index in [1.54, 1.807) is 7.05 Å². The average molecular weight is 257 g/mol. The first-order valence-corrected chi connectivity index (χ1v) is 5.05. The molecule has 17 heavy (non-hydrogen) atoms. The van der Waals surface area contributed by atoms with Gasteiger partial charge < -0.3 is 0 Å². The Morgan fingerprint density at radius 1 is 1.35 bits per heavy atom. The lowest BCUT2D eigenvalue weighted by Gasteiger charge is -2.03. The number of hydrogen-bond donors (Lipinski definition) is 0. The molecular weight excluding hydrogens is 250 g/mol. The van der Waals surface area contributed by atoms with Crippen LogP contribution in [0.25, 0.3) is 0 Å². The van der Waals surface area contributed by atoms with Crippen molar-refractivity contribution in [2.75, 3.05) is 0 Å². The Morgan fingerprint density at radius 2 is 2.06 bits per heavy atom. The third kappa shape index (κ3) is 2.06. The fraction of sp³-hybridized carbons (Fsp3) is 0.0909. The number of carbonyl (C=O) groups excluding carboxylic acids is 1. The Morgan fingerprint density at radius 3 is 2.59 bits per heavy atom. The fourth-order valence-corrected chi connectivity index (χ4v) is 1.69. The van der Waals surface area contributed by atoms with Crippen LogP contribution in [0.5, 0.6) is 0 Å². The maximum atomic E-state index is 13.0. The normalized spacial score (nSPS) is 10.6. The predicted molar refractivity (Wildman–Crippen MR) is 58.0 cm³/mol. The van der Waals surface area contributed by atoms with Gasteiger partial charge in [0, 0.05) is 12.6 Å². The van der Waals surface area contributed by atoms with Gasteiger partial charge in [0.2, 0.25) is 5.78 Å². The molecule has 0 saturated carbocycles. The molecule has 0 unspecified atom stereocenters. The van der Waals surface area contributed by atoms with Crippen molar-refractivity contribution in [3.05, 3.63) is 52.3 Å². The largest absolute Gasteiger partial charge is 0.287 e. The quantitative estimate of drug-likeness (QED) is 0.774. The van der Waals surface area contributed by atoms with Crippen molar-refractivity contribution in [3.8, 4) is 0 Å². The Kier molecular flexibility index (Phi) is 2.93. The Labute approximate surface area is 101 Å². The molecule has 2 rings (SSSR count). The van der Waals surface area contributed by atoms with E-state index in [0.717, 1.165) is 12.1 Å². The van der Waals surface area contributed by atoms with E-state index < -0.39 is 17.4 Å². The molecule has 0 aliphatic carbocycles. The second kappa shape index (κ2) is 4.25. The zero-order valence-corrected chi connectivity index (χ0v) is 9.50. The number of aryl methyl sites for hydroxylation is 1. The van der Waals surface area contributed by atoms with Crippen molar-refractivity contribution in [1.82, 2.24) is 9.78 Å².